The molecule has 17 heavy (non-hydrogen) atoms. The van der Waals surface area contributed by atoms with Crippen LogP contribution in [0, 0.1) is 6.92 Å². The molecule has 0 unspecified atom stereocenters. The number of aliphatic carboxylic acids is 1. The maximum atomic E-state index is 10.8. The van der Waals surface area contributed by atoms with Crippen LogP contribution in [0.4, 0.5) is 0 Å². The number of hydrogen-bond donors (Lipinski definition) is 2. The maximum Gasteiger partial charge on any atom is 0.305 e. The molecule has 0 radical (unpaired) electrons. The second kappa shape index (κ2) is 4.88. The molecule has 0 amide bonds. The Balaban J connectivity index is 1.94. The van der Waals surface area contributed by atoms with Crippen LogP contribution in [0.2, 0.25) is 0 Å². The van der Waals surface area contributed by atoms with Gasteiger partial charge in [-0.2, -0.15) is 0 Å². The van der Waals surface area contributed by atoms with E-state index in [0.717, 1.165) is 25.8 Å². The molecular formula is C14H19NO2. The molecule has 0 saturated heterocycles. The monoisotopic (exact) mass is 233 g/mol. The fourth-order valence-corrected chi connectivity index (χ4v) is 2.42. The van der Waals surface area contributed by atoms with Gasteiger partial charge in [-0.1, -0.05) is 29.8 Å². The SMILES string of the molecule is Cc1cccc(CNC2(CC(=O)O)CCC2)c1. The third-order valence-corrected chi connectivity index (χ3v) is 3.55. The molecule has 0 heterocycles. The molecule has 1 aliphatic carbocycles. The van der Waals surface area contributed by atoms with E-state index in [1.807, 2.05) is 6.07 Å². The zero-order chi connectivity index (χ0) is 12.3. The summed E-state index contributed by atoms with van der Waals surface area (Å²) in [6.07, 6.45) is 3.32. The molecule has 1 fully saturated rings. The molecule has 0 atom stereocenters. The number of aryl methyl sites for hydroxylation is 1. The van der Waals surface area contributed by atoms with Crippen molar-refractivity contribution in [3.05, 3.63) is 35.4 Å². The van der Waals surface area contributed by atoms with Crippen molar-refractivity contribution in [3.8, 4) is 0 Å². The molecule has 0 aromatic heterocycles. The van der Waals surface area contributed by atoms with E-state index >= 15 is 0 Å². The number of hydrogen-bond acceptors (Lipinski definition) is 2. The Bertz CT molecular complexity index is 410. The highest BCUT2D eigenvalue weighted by Gasteiger charge is 2.38. The van der Waals surface area contributed by atoms with Crippen LogP contribution in [-0.2, 0) is 11.3 Å². The number of nitrogens with one attached hydrogen (secondary N) is 1. The zero-order valence-electron chi connectivity index (χ0n) is 10.2. The van der Waals surface area contributed by atoms with Gasteiger partial charge in [0.15, 0.2) is 0 Å². The van der Waals surface area contributed by atoms with Crippen LogP contribution in [0.25, 0.3) is 0 Å². The van der Waals surface area contributed by atoms with E-state index < -0.39 is 5.97 Å². The van der Waals surface area contributed by atoms with E-state index in [-0.39, 0.29) is 12.0 Å². The molecule has 3 heteroatoms. The third-order valence-electron chi connectivity index (χ3n) is 3.55. The summed E-state index contributed by atoms with van der Waals surface area (Å²) in [7, 11) is 0. The van der Waals surface area contributed by atoms with Gasteiger partial charge in [0, 0.05) is 12.1 Å². The molecule has 92 valence electrons. The minimum absolute atomic E-state index is 0.157. The van der Waals surface area contributed by atoms with Crippen LogP contribution < -0.4 is 5.32 Å². The number of carboxylic acid groups (broad SMARTS) is 1. The summed E-state index contributed by atoms with van der Waals surface area (Å²) >= 11 is 0. The fraction of sp³-hybridized carbons (Fsp3) is 0.500. The number of carbonyl (C=O) groups is 1. The number of carboxylic acids is 1. The van der Waals surface area contributed by atoms with Crippen molar-refractivity contribution < 1.29 is 9.90 Å². The lowest BCUT2D eigenvalue weighted by Crippen LogP contribution is -2.51. The first-order chi connectivity index (χ1) is 8.10. The Morgan fingerprint density at radius 2 is 2.24 bits per heavy atom. The van der Waals surface area contributed by atoms with Crippen molar-refractivity contribution in [2.24, 2.45) is 0 Å². The van der Waals surface area contributed by atoms with Gasteiger partial charge in [0.25, 0.3) is 0 Å². The van der Waals surface area contributed by atoms with E-state index in [1.54, 1.807) is 0 Å². The predicted molar refractivity (Wildman–Crippen MR) is 66.9 cm³/mol. The first-order valence-electron chi connectivity index (χ1n) is 6.12. The van der Waals surface area contributed by atoms with Gasteiger partial charge < -0.3 is 10.4 Å². The second-order valence-corrected chi connectivity index (χ2v) is 5.05. The van der Waals surface area contributed by atoms with Crippen molar-refractivity contribution in [2.75, 3.05) is 0 Å². The van der Waals surface area contributed by atoms with E-state index in [4.69, 9.17) is 5.11 Å². The summed E-state index contributed by atoms with van der Waals surface area (Å²) in [5.41, 5.74) is 2.31. The fourth-order valence-electron chi connectivity index (χ4n) is 2.42. The molecule has 1 saturated carbocycles. The van der Waals surface area contributed by atoms with Crippen LogP contribution >= 0.6 is 0 Å². The first-order valence-corrected chi connectivity index (χ1v) is 6.12. The zero-order valence-corrected chi connectivity index (χ0v) is 10.2. The van der Waals surface area contributed by atoms with Crippen molar-refractivity contribution in [2.45, 2.75) is 44.7 Å². The minimum Gasteiger partial charge on any atom is -0.481 e. The Labute approximate surface area is 102 Å². The minimum atomic E-state index is -0.707. The average Bonchev–Trinajstić information content (AvgIpc) is 2.21. The second-order valence-electron chi connectivity index (χ2n) is 5.05. The molecule has 0 aliphatic heterocycles. The predicted octanol–water partition coefficient (Wildman–Crippen LogP) is 2.48. The summed E-state index contributed by atoms with van der Waals surface area (Å²) in [6.45, 7) is 2.83. The highest BCUT2D eigenvalue weighted by Crippen LogP contribution is 2.35. The van der Waals surface area contributed by atoms with Crippen molar-refractivity contribution >= 4 is 5.97 Å². The Kier molecular flexibility index (Phi) is 3.48. The summed E-state index contributed by atoms with van der Waals surface area (Å²) in [4.78, 5) is 10.8. The van der Waals surface area contributed by atoms with Gasteiger partial charge in [-0.3, -0.25) is 4.79 Å². The van der Waals surface area contributed by atoms with E-state index in [2.05, 4.69) is 30.4 Å². The smallest absolute Gasteiger partial charge is 0.305 e. The summed E-state index contributed by atoms with van der Waals surface area (Å²) in [5, 5.41) is 12.3. The molecule has 0 spiro atoms. The maximum absolute atomic E-state index is 10.8. The van der Waals surface area contributed by atoms with E-state index in [1.165, 1.54) is 11.1 Å². The molecule has 3 nitrogen and oxygen atoms in total. The van der Waals surface area contributed by atoms with Crippen molar-refractivity contribution in [1.82, 2.24) is 5.32 Å². The Hall–Kier alpha value is -1.35. The van der Waals surface area contributed by atoms with E-state index in [9.17, 15) is 4.79 Å². The van der Waals surface area contributed by atoms with Gasteiger partial charge >= 0.3 is 5.97 Å². The summed E-state index contributed by atoms with van der Waals surface area (Å²) in [6, 6.07) is 8.32. The van der Waals surface area contributed by atoms with Gasteiger partial charge in [0.1, 0.15) is 0 Å². The Morgan fingerprint density at radius 3 is 2.76 bits per heavy atom. The van der Waals surface area contributed by atoms with Gasteiger partial charge in [0.05, 0.1) is 6.42 Å². The van der Waals surface area contributed by atoms with Crippen LogP contribution in [-0.4, -0.2) is 16.6 Å². The first kappa shape index (κ1) is 12.1. The molecule has 2 N–H and O–H groups in total. The van der Waals surface area contributed by atoms with Crippen LogP contribution in [0.3, 0.4) is 0 Å². The lowest BCUT2D eigenvalue weighted by Gasteiger charge is -2.41. The van der Waals surface area contributed by atoms with Crippen LogP contribution in [0.15, 0.2) is 24.3 Å². The lowest BCUT2D eigenvalue weighted by atomic mass is 9.74. The van der Waals surface area contributed by atoms with Crippen molar-refractivity contribution in [3.63, 3.8) is 0 Å². The normalized spacial score (nSPS) is 17.5. The summed E-state index contributed by atoms with van der Waals surface area (Å²) in [5.74, 6) is -0.707. The molecule has 2 rings (SSSR count). The van der Waals surface area contributed by atoms with Crippen LogP contribution in [0.5, 0.6) is 0 Å². The summed E-state index contributed by atoms with van der Waals surface area (Å²) < 4.78 is 0. The van der Waals surface area contributed by atoms with Gasteiger partial charge in [0.2, 0.25) is 0 Å². The largest absolute Gasteiger partial charge is 0.481 e. The standard InChI is InChI=1S/C14H19NO2/c1-11-4-2-5-12(8-11)10-15-14(6-3-7-14)9-13(16)17/h2,4-5,8,15H,3,6-7,9-10H2,1H3,(H,16,17). The van der Waals surface area contributed by atoms with Gasteiger partial charge in [-0.15, -0.1) is 0 Å². The molecule has 1 aromatic rings. The molecule has 1 aromatic carbocycles. The highest BCUT2D eigenvalue weighted by molar-refractivity contribution is 5.68. The molecule has 0 bridgehead atoms. The van der Waals surface area contributed by atoms with Gasteiger partial charge in [-0.25, -0.2) is 0 Å². The third kappa shape index (κ3) is 3.07. The lowest BCUT2D eigenvalue weighted by molar-refractivity contribution is -0.139. The van der Waals surface area contributed by atoms with Gasteiger partial charge in [-0.05, 0) is 31.7 Å². The number of rotatable bonds is 5. The molecular weight excluding hydrogens is 214 g/mol. The van der Waals surface area contributed by atoms with Crippen molar-refractivity contribution in [1.29, 1.82) is 0 Å². The number of benzene rings is 1. The topological polar surface area (TPSA) is 49.3 Å². The van der Waals surface area contributed by atoms with E-state index in [0.29, 0.717) is 0 Å². The average molecular weight is 233 g/mol. The highest BCUT2D eigenvalue weighted by atomic mass is 16.4. The quantitative estimate of drug-likeness (QED) is 0.821. The van der Waals surface area contributed by atoms with Crippen LogP contribution in [0.1, 0.15) is 36.8 Å². The Morgan fingerprint density at radius 1 is 1.47 bits per heavy atom. The molecule has 1 aliphatic rings.